The van der Waals surface area contributed by atoms with Crippen LogP contribution >= 0.6 is 11.6 Å². The maximum absolute atomic E-state index is 13.1. The van der Waals surface area contributed by atoms with E-state index in [1.54, 1.807) is 12.1 Å². The van der Waals surface area contributed by atoms with Crippen molar-refractivity contribution < 1.29 is 22.8 Å². The van der Waals surface area contributed by atoms with Crippen LogP contribution < -0.4 is 16.0 Å². The van der Waals surface area contributed by atoms with Gasteiger partial charge >= 0.3 is 6.18 Å². The molecule has 2 amide bonds. The fourth-order valence-corrected chi connectivity index (χ4v) is 2.81. The molecule has 0 bridgehead atoms. The summed E-state index contributed by atoms with van der Waals surface area (Å²) in [6, 6.07) is 6.59. The fraction of sp³-hybridized carbons (Fsp3) is 0.278. The lowest BCUT2D eigenvalue weighted by atomic mass is 10.1. The highest BCUT2D eigenvalue weighted by molar-refractivity contribution is 6.30. The summed E-state index contributed by atoms with van der Waals surface area (Å²) in [5.41, 5.74) is -0.979. The molecule has 0 aliphatic heterocycles. The van der Waals surface area contributed by atoms with Crippen LogP contribution in [0.4, 0.5) is 24.5 Å². The van der Waals surface area contributed by atoms with Crippen LogP contribution in [0.1, 0.15) is 24.1 Å². The summed E-state index contributed by atoms with van der Waals surface area (Å²) in [7, 11) is 0. The molecular weight excluding hydrogens is 397 g/mol. The SMILES string of the molecule is O=CNC1(C(=O)NCc2ccc(Nc3ccc(Cl)cc3C(F)(F)F)cn2)CC1. The molecule has 0 atom stereocenters. The number of aromatic nitrogens is 1. The van der Waals surface area contributed by atoms with E-state index in [1.165, 1.54) is 18.3 Å². The number of hydrogen-bond acceptors (Lipinski definition) is 4. The molecule has 148 valence electrons. The first-order chi connectivity index (χ1) is 13.2. The van der Waals surface area contributed by atoms with Crippen LogP contribution in [0.15, 0.2) is 36.5 Å². The summed E-state index contributed by atoms with van der Waals surface area (Å²) in [6.45, 7) is 0.135. The molecule has 0 radical (unpaired) electrons. The molecule has 28 heavy (non-hydrogen) atoms. The second-order valence-electron chi connectivity index (χ2n) is 6.38. The number of pyridine rings is 1. The van der Waals surface area contributed by atoms with Crippen LogP contribution in [0.3, 0.4) is 0 Å². The molecule has 1 saturated carbocycles. The lowest BCUT2D eigenvalue weighted by Gasteiger charge is -2.15. The summed E-state index contributed by atoms with van der Waals surface area (Å²) in [5, 5.41) is 7.84. The van der Waals surface area contributed by atoms with Crippen LogP contribution in [0.2, 0.25) is 5.02 Å². The molecule has 3 N–H and O–H groups in total. The van der Waals surface area contributed by atoms with Crippen molar-refractivity contribution in [2.75, 3.05) is 5.32 Å². The van der Waals surface area contributed by atoms with Gasteiger partial charge in [0.2, 0.25) is 12.3 Å². The van der Waals surface area contributed by atoms with Gasteiger partial charge in [0.15, 0.2) is 0 Å². The molecule has 0 spiro atoms. The third-order valence-corrected chi connectivity index (χ3v) is 4.58. The van der Waals surface area contributed by atoms with Gasteiger partial charge in [0.1, 0.15) is 5.54 Å². The quantitative estimate of drug-likeness (QED) is 0.609. The van der Waals surface area contributed by atoms with Crippen molar-refractivity contribution in [2.45, 2.75) is 31.1 Å². The maximum atomic E-state index is 13.1. The second kappa shape index (κ2) is 7.67. The number of nitrogens with one attached hydrogen (secondary N) is 3. The van der Waals surface area contributed by atoms with Crippen molar-refractivity contribution in [1.29, 1.82) is 0 Å². The second-order valence-corrected chi connectivity index (χ2v) is 6.81. The van der Waals surface area contributed by atoms with Gasteiger partial charge in [0.25, 0.3) is 0 Å². The molecule has 1 heterocycles. The van der Waals surface area contributed by atoms with Gasteiger partial charge < -0.3 is 16.0 Å². The topological polar surface area (TPSA) is 83.1 Å². The van der Waals surface area contributed by atoms with Crippen LogP contribution in [0.25, 0.3) is 0 Å². The number of nitrogens with zero attached hydrogens (tertiary/aromatic N) is 1. The Morgan fingerprint density at radius 2 is 2.00 bits per heavy atom. The Morgan fingerprint density at radius 1 is 1.25 bits per heavy atom. The molecule has 1 fully saturated rings. The Kier molecular flexibility index (Phi) is 5.46. The van der Waals surface area contributed by atoms with E-state index in [9.17, 15) is 22.8 Å². The number of amides is 2. The monoisotopic (exact) mass is 412 g/mol. The van der Waals surface area contributed by atoms with Crippen LogP contribution in [0, 0.1) is 0 Å². The van der Waals surface area contributed by atoms with E-state index in [4.69, 9.17) is 11.6 Å². The average molecular weight is 413 g/mol. The van der Waals surface area contributed by atoms with Crippen LogP contribution in [-0.4, -0.2) is 22.8 Å². The lowest BCUT2D eigenvalue weighted by Crippen LogP contribution is -2.45. The summed E-state index contributed by atoms with van der Waals surface area (Å²) in [4.78, 5) is 26.7. The van der Waals surface area contributed by atoms with E-state index in [0.29, 0.717) is 30.6 Å². The molecule has 1 aliphatic carbocycles. The Hall–Kier alpha value is -2.81. The summed E-state index contributed by atoms with van der Waals surface area (Å²) >= 11 is 5.66. The number of alkyl halides is 3. The molecule has 2 aromatic rings. The highest BCUT2D eigenvalue weighted by Gasteiger charge is 2.49. The molecule has 10 heteroatoms. The lowest BCUT2D eigenvalue weighted by molar-refractivity contribution is -0.137. The predicted molar refractivity (Wildman–Crippen MR) is 97.0 cm³/mol. The number of carbonyl (C=O) groups excluding carboxylic acids is 2. The van der Waals surface area contributed by atoms with Crippen molar-refractivity contribution in [3.63, 3.8) is 0 Å². The number of rotatable bonds is 7. The summed E-state index contributed by atoms with van der Waals surface area (Å²) in [5.74, 6) is -0.292. The average Bonchev–Trinajstić information content (AvgIpc) is 3.43. The molecule has 0 saturated heterocycles. The van der Waals surface area contributed by atoms with Crippen molar-refractivity contribution in [3.8, 4) is 0 Å². The zero-order valence-electron chi connectivity index (χ0n) is 14.4. The van der Waals surface area contributed by atoms with Gasteiger partial charge in [-0.1, -0.05) is 11.6 Å². The first-order valence-electron chi connectivity index (χ1n) is 8.32. The number of carbonyl (C=O) groups is 2. The van der Waals surface area contributed by atoms with E-state index in [1.807, 2.05) is 0 Å². The molecule has 1 aromatic heterocycles. The van der Waals surface area contributed by atoms with Gasteiger partial charge in [-0.05, 0) is 43.2 Å². The van der Waals surface area contributed by atoms with Gasteiger partial charge in [-0.2, -0.15) is 13.2 Å². The third kappa shape index (κ3) is 4.53. The Labute approximate surface area is 163 Å². The molecule has 6 nitrogen and oxygen atoms in total. The molecule has 0 unspecified atom stereocenters. The fourth-order valence-electron chi connectivity index (χ4n) is 2.63. The van der Waals surface area contributed by atoms with E-state index >= 15 is 0 Å². The smallest absolute Gasteiger partial charge is 0.354 e. The van der Waals surface area contributed by atoms with E-state index in [-0.39, 0.29) is 23.2 Å². The first kappa shape index (κ1) is 19.9. The maximum Gasteiger partial charge on any atom is 0.418 e. The highest BCUT2D eigenvalue weighted by Crippen LogP contribution is 2.37. The zero-order valence-corrected chi connectivity index (χ0v) is 15.2. The van der Waals surface area contributed by atoms with Crippen molar-refractivity contribution in [2.24, 2.45) is 0 Å². The minimum Gasteiger partial charge on any atom is -0.354 e. The Bertz CT molecular complexity index is 883. The highest BCUT2D eigenvalue weighted by atomic mass is 35.5. The Morgan fingerprint density at radius 3 is 2.57 bits per heavy atom. The third-order valence-electron chi connectivity index (χ3n) is 4.34. The minimum atomic E-state index is -4.56. The van der Waals surface area contributed by atoms with Crippen LogP contribution in [-0.2, 0) is 22.3 Å². The van der Waals surface area contributed by atoms with E-state index in [2.05, 4.69) is 20.9 Å². The van der Waals surface area contributed by atoms with Gasteiger partial charge in [0.05, 0.1) is 35.4 Å². The predicted octanol–water partition coefficient (Wildman–Crippen LogP) is 3.39. The number of anilines is 2. The summed E-state index contributed by atoms with van der Waals surface area (Å²) < 4.78 is 39.4. The van der Waals surface area contributed by atoms with Crippen molar-refractivity contribution in [3.05, 3.63) is 52.8 Å². The molecule has 1 aliphatic rings. The Balaban J connectivity index is 1.64. The normalized spacial score (nSPS) is 14.9. The van der Waals surface area contributed by atoms with Gasteiger partial charge in [0, 0.05) is 5.02 Å². The van der Waals surface area contributed by atoms with Crippen molar-refractivity contribution in [1.82, 2.24) is 15.6 Å². The zero-order chi connectivity index (χ0) is 20.4. The van der Waals surface area contributed by atoms with Gasteiger partial charge in [-0.25, -0.2) is 0 Å². The minimum absolute atomic E-state index is 0.0143. The molecule has 1 aromatic carbocycles. The first-order valence-corrected chi connectivity index (χ1v) is 8.70. The largest absolute Gasteiger partial charge is 0.418 e. The van der Waals surface area contributed by atoms with Gasteiger partial charge in [-0.3, -0.25) is 14.6 Å². The summed E-state index contributed by atoms with van der Waals surface area (Å²) in [6.07, 6.45) is -1.53. The number of hydrogen-bond donors (Lipinski definition) is 3. The number of benzene rings is 1. The van der Waals surface area contributed by atoms with E-state index in [0.717, 1.165) is 6.07 Å². The number of halogens is 4. The molecular formula is C18H16ClF3N4O2. The van der Waals surface area contributed by atoms with Crippen LogP contribution in [0.5, 0.6) is 0 Å². The van der Waals surface area contributed by atoms with Gasteiger partial charge in [-0.15, -0.1) is 0 Å². The standard InChI is InChI=1S/C18H16ClF3N4O2/c19-11-1-4-15(14(7-11)18(20,21)22)26-13-3-2-12(23-9-13)8-24-16(28)17(5-6-17)25-10-27/h1-4,7,9-10,26H,5-6,8H2,(H,24,28)(H,25,27). The van der Waals surface area contributed by atoms with Crippen molar-refractivity contribution >= 4 is 35.3 Å². The van der Waals surface area contributed by atoms with E-state index < -0.39 is 17.3 Å². The molecule has 3 rings (SSSR count).